The second-order valence-corrected chi connectivity index (χ2v) is 2.77. The molecule has 3 nitrogen and oxygen atoms in total. The Balaban J connectivity index is 3.23. The predicted molar refractivity (Wildman–Crippen MR) is 49.4 cm³/mol. The molecule has 0 aromatic heterocycles. The Morgan fingerprint density at radius 3 is 2.50 bits per heavy atom. The zero-order valence-corrected chi connectivity index (χ0v) is 7.20. The smallest absolute Gasteiger partial charge is 0.124 e. The zero-order valence-electron chi connectivity index (χ0n) is 7.20. The number of hydrogen-bond acceptors (Lipinski definition) is 3. The number of hydrogen-bond donors (Lipinski definition) is 2. The van der Waals surface area contributed by atoms with E-state index in [4.69, 9.17) is 5.84 Å². The van der Waals surface area contributed by atoms with Crippen LogP contribution in [0.3, 0.4) is 0 Å². The van der Waals surface area contributed by atoms with Crippen molar-refractivity contribution in [2.24, 2.45) is 10.9 Å². The minimum Gasteiger partial charge on any atom is -0.507 e. The van der Waals surface area contributed by atoms with E-state index in [1.54, 1.807) is 6.07 Å². The van der Waals surface area contributed by atoms with Crippen LogP contribution in [0.25, 0.3) is 0 Å². The summed E-state index contributed by atoms with van der Waals surface area (Å²) in [7, 11) is 0. The molecule has 0 radical (unpaired) electrons. The number of phenols is 1. The normalized spacial score (nSPS) is 10.8. The maximum absolute atomic E-state index is 9.40. The molecule has 0 aliphatic carbocycles. The van der Waals surface area contributed by atoms with Crippen LogP contribution < -0.4 is 5.84 Å². The van der Waals surface area contributed by atoms with E-state index >= 15 is 0 Å². The van der Waals surface area contributed by atoms with Crippen molar-refractivity contribution in [1.29, 1.82) is 0 Å². The van der Waals surface area contributed by atoms with E-state index < -0.39 is 0 Å². The number of benzene rings is 1. The fraction of sp³-hybridized carbons (Fsp3) is 0.222. The molecule has 0 aliphatic rings. The molecule has 12 heavy (non-hydrogen) atoms. The largest absolute Gasteiger partial charge is 0.507 e. The zero-order chi connectivity index (χ0) is 9.14. The van der Waals surface area contributed by atoms with Crippen molar-refractivity contribution in [3.63, 3.8) is 0 Å². The third-order valence-corrected chi connectivity index (χ3v) is 1.86. The molecule has 0 bridgehead atoms. The number of nitrogens with two attached hydrogens (primary N) is 1. The van der Waals surface area contributed by atoms with E-state index in [2.05, 4.69) is 5.10 Å². The second kappa shape index (κ2) is 3.26. The molecule has 0 unspecified atom stereocenters. The highest BCUT2D eigenvalue weighted by atomic mass is 16.3. The molecule has 0 saturated heterocycles. The summed E-state index contributed by atoms with van der Waals surface area (Å²) >= 11 is 0. The highest BCUT2D eigenvalue weighted by Gasteiger charge is 2.00. The minimum atomic E-state index is 0.215. The lowest BCUT2D eigenvalue weighted by molar-refractivity contribution is 0.474. The van der Waals surface area contributed by atoms with Gasteiger partial charge in [-0.2, -0.15) is 5.10 Å². The average molecular weight is 164 g/mol. The van der Waals surface area contributed by atoms with Gasteiger partial charge in [-0.25, -0.2) is 0 Å². The molecular weight excluding hydrogens is 152 g/mol. The van der Waals surface area contributed by atoms with Crippen LogP contribution in [0.15, 0.2) is 17.2 Å². The van der Waals surface area contributed by atoms with Crippen molar-refractivity contribution in [3.05, 3.63) is 28.8 Å². The maximum Gasteiger partial charge on any atom is 0.124 e. The van der Waals surface area contributed by atoms with Crippen LogP contribution in [0.5, 0.6) is 5.75 Å². The number of phenolic OH excluding ortho intramolecular Hbond substituents is 1. The van der Waals surface area contributed by atoms with Crippen LogP contribution >= 0.6 is 0 Å². The van der Waals surface area contributed by atoms with Gasteiger partial charge >= 0.3 is 0 Å². The standard InChI is InChI=1S/C9H12N2O/c1-6-3-8(5-11-10)9(12)4-7(6)2/h3-5,12H,10H2,1-2H3. The van der Waals surface area contributed by atoms with Crippen molar-refractivity contribution in [2.75, 3.05) is 0 Å². The van der Waals surface area contributed by atoms with Gasteiger partial charge in [0.1, 0.15) is 5.75 Å². The number of nitrogens with zero attached hydrogens (tertiary/aromatic N) is 1. The molecule has 0 aliphatic heterocycles. The fourth-order valence-electron chi connectivity index (χ4n) is 1.01. The maximum atomic E-state index is 9.40. The average Bonchev–Trinajstić information content (AvgIpc) is 2.01. The first-order valence-electron chi connectivity index (χ1n) is 3.68. The Morgan fingerprint density at radius 1 is 1.33 bits per heavy atom. The molecule has 1 aromatic carbocycles. The molecule has 0 amide bonds. The van der Waals surface area contributed by atoms with Gasteiger partial charge in [-0.05, 0) is 37.1 Å². The Hall–Kier alpha value is -1.51. The highest BCUT2D eigenvalue weighted by molar-refractivity contribution is 5.83. The van der Waals surface area contributed by atoms with Crippen molar-refractivity contribution in [3.8, 4) is 5.75 Å². The lowest BCUT2D eigenvalue weighted by Gasteiger charge is -2.03. The van der Waals surface area contributed by atoms with Crippen LogP contribution in [-0.4, -0.2) is 11.3 Å². The Kier molecular flexibility index (Phi) is 2.33. The number of aryl methyl sites for hydroxylation is 2. The number of hydrazone groups is 1. The molecule has 3 N–H and O–H groups in total. The topological polar surface area (TPSA) is 58.6 Å². The summed E-state index contributed by atoms with van der Waals surface area (Å²) in [4.78, 5) is 0. The first kappa shape index (κ1) is 8.59. The summed E-state index contributed by atoms with van der Waals surface area (Å²) in [5.74, 6) is 5.19. The van der Waals surface area contributed by atoms with E-state index in [-0.39, 0.29) is 5.75 Å². The molecular formula is C9H12N2O. The lowest BCUT2D eigenvalue weighted by atomic mass is 10.1. The van der Waals surface area contributed by atoms with Gasteiger partial charge in [-0.3, -0.25) is 0 Å². The van der Waals surface area contributed by atoms with Gasteiger partial charge in [0.15, 0.2) is 0 Å². The molecule has 0 spiro atoms. The predicted octanol–water partition coefficient (Wildman–Crippen LogP) is 1.30. The van der Waals surface area contributed by atoms with Crippen LogP contribution in [0.2, 0.25) is 0 Å². The molecule has 0 saturated carbocycles. The summed E-state index contributed by atoms with van der Waals surface area (Å²) in [5, 5.41) is 12.8. The van der Waals surface area contributed by atoms with E-state index in [0.29, 0.717) is 5.56 Å². The van der Waals surface area contributed by atoms with Crippen molar-refractivity contribution >= 4 is 6.21 Å². The Bertz CT molecular complexity index is 319. The van der Waals surface area contributed by atoms with E-state index in [0.717, 1.165) is 11.1 Å². The number of rotatable bonds is 1. The molecule has 1 rings (SSSR count). The Labute approximate surface area is 71.5 Å². The van der Waals surface area contributed by atoms with Gasteiger partial charge in [0, 0.05) is 5.56 Å². The van der Waals surface area contributed by atoms with E-state index in [1.807, 2.05) is 19.9 Å². The van der Waals surface area contributed by atoms with E-state index in [9.17, 15) is 5.11 Å². The summed E-state index contributed by atoms with van der Waals surface area (Å²) in [5.41, 5.74) is 2.82. The van der Waals surface area contributed by atoms with E-state index in [1.165, 1.54) is 6.21 Å². The second-order valence-electron chi connectivity index (χ2n) is 2.77. The third-order valence-electron chi connectivity index (χ3n) is 1.86. The van der Waals surface area contributed by atoms with Crippen LogP contribution in [-0.2, 0) is 0 Å². The van der Waals surface area contributed by atoms with Gasteiger partial charge in [0.05, 0.1) is 6.21 Å². The van der Waals surface area contributed by atoms with Gasteiger partial charge in [-0.15, -0.1) is 0 Å². The van der Waals surface area contributed by atoms with Crippen molar-refractivity contribution < 1.29 is 5.11 Å². The summed E-state index contributed by atoms with van der Waals surface area (Å²) < 4.78 is 0. The molecule has 0 atom stereocenters. The summed E-state index contributed by atoms with van der Waals surface area (Å²) in [6.45, 7) is 3.92. The molecule has 1 aromatic rings. The summed E-state index contributed by atoms with van der Waals surface area (Å²) in [6, 6.07) is 3.55. The lowest BCUT2D eigenvalue weighted by Crippen LogP contribution is -1.90. The highest BCUT2D eigenvalue weighted by Crippen LogP contribution is 2.19. The van der Waals surface area contributed by atoms with Crippen LogP contribution in [0.4, 0.5) is 0 Å². The SMILES string of the molecule is Cc1cc(O)c(C=NN)cc1C. The van der Waals surface area contributed by atoms with Gasteiger partial charge in [0.25, 0.3) is 0 Å². The van der Waals surface area contributed by atoms with Gasteiger partial charge in [-0.1, -0.05) is 0 Å². The van der Waals surface area contributed by atoms with Crippen LogP contribution in [0, 0.1) is 13.8 Å². The molecule has 64 valence electrons. The first-order chi connectivity index (χ1) is 5.65. The first-order valence-corrected chi connectivity index (χ1v) is 3.68. The fourth-order valence-corrected chi connectivity index (χ4v) is 1.01. The Morgan fingerprint density at radius 2 is 1.92 bits per heavy atom. The van der Waals surface area contributed by atoms with Crippen LogP contribution in [0.1, 0.15) is 16.7 Å². The van der Waals surface area contributed by atoms with Gasteiger partial charge < -0.3 is 10.9 Å². The molecule has 3 heteroatoms. The van der Waals surface area contributed by atoms with Crippen molar-refractivity contribution in [1.82, 2.24) is 0 Å². The minimum absolute atomic E-state index is 0.215. The quantitative estimate of drug-likeness (QED) is 0.373. The van der Waals surface area contributed by atoms with Crippen molar-refractivity contribution in [2.45, 2.75) is 13.8 Å². The monoisotopic (exact) mass is 164 g/mol. The van der Waals surface area contributed by atoms with Gasteiger partial charge in [0.2, 0.25) is 0 Å². The number of aromatic hydroxyl groups is 1. The molecule has 0 fully saturated rings. The summed E-state index contributed by atoms with van der Waals surface area (Å²) in [6.07, 6.45) is 1.43. The molecule has 0 heterocycles. The third kappa shape index (κ3) is 1.56.